The van der Waals surface area contributed by atoms with E-state index in [0.29, 0.717) is 11.5 Å². The Kier molecular flexibility index (Phi) is 4.47. The molecule has 4 aliphatic carbocycles. The molecule has 0 saturated heterocycles. The number of hydrogen-bond acceptors (Lipinski definition) is 1. The largest absolute Gasteiger partial charge is 0.350 e. The average molecular weight is 338 g/mol. The SMILES string of the molecule is CCc1ccc(/C=C/C(=O)N[C@@H](C)C23CC4CC(CC(C4)C2)C3)cc1. The lowest BCUT2D eigenvalue weighted by molar-refractivity contribution is -0.121. The van der Waals surface area contributed by atoms with Crippen molar-refractivity contribution < 1.29 is 4.79 Å². The Bertz CT molecular complexity index is 622. The number of benzene rings is 1. The van der Waals surface area contributed by atoms with E-state index >= 15 is 0 Å². The third kappa shape index (κ3) is 3.41. The Balaban J connectivity index is 1.38. The van der Waals surface area contributed by atoms with Crippen LogP contribution in [-0.4, -0.2) is 11.9 Å². The number of rotatable bonds is 5. The first-order valence-corrected chi connectivity index (χ1v) is 10.1. The summed E-state index contributed by atoms with van der Waals surface area (Å²) in [6, 6.07) is 8.74. The summed E-state index contributed by atoms with van der Waals surface area (Å²) in [6.45, 7) is 4.40. The monoisotopic (exact) mass is 337 g/mol. The van der Waals surface area contributed by atoms with Crippen molar-refractivity contribution in [2.24, 2.45) is 23.2 Å². The highest BCUT2D eigenvalue weighted by Gasteiger charge is 2.53. The Morgan fingerprint density at radius 2 is 1.68 bits per heavy atom. The van der Waals surface area contributed by atoms with Crippen molar-refractivity contribution in [1.29, 1.82) is 0 Å². The lowest BCUT2D eigenvalue weighted by Crippen LogP contribution is -2.55. The first-order chi connectivity index (χ1) is 12.1. The van der Waals surface area contributed by atoms with E-state index in [1.54, 1.807) is 6.08 Å². The van der Waals surface area contributed by atoms with Gasteiger partial charge in [-0.3, -0.25) is 4.79 Å². The molecule has 0 radical (unpaired) electrons. The van der Waals surface area contributed by atoms with Crippen LogP contribution < -0.4 is 5.32 Å². The van der Waals surface area contributed by atoms with Gasteiger partial charge in [0.1, 0.15) is 0 Å². The van der Waals surface area contributed by atoms with Gasteiger partial charge in [-0.15, -0.1) is 0 Å². The van der Waals surface area contributed by atoms with E-state index in [-0.39, 0.29) is 5.91 Å². The topological polar surface area (TPSA) is 29.1 Å². The van der Waals surface area contributed by atoms with Gasteiger partial charge in [0.25, 0.3) is 0 Å². The zero-order valence-electron chi connectivity index (χ0n) is 15.6. The van der Waals surface area contributed by atoms with Gasteiger partial charge in [0.05, 0.1) is 0 Å². The molecule has 134 valence electrons. The van der Waals surface area contributed by atoms with Crippen LogP contribution in [0.15, 0.2) is 30.3 Å². The molecule has 1 aromatic carbocycles. The Hall–Kier alpha value is -1.57. The smallest absolute Gasteiger partial charge is 0.244 e. The van der Waals surface area contributed by atoms with Gasteiger partial charge in [0, 0.05) is 12.1 Å². The summed E-state index contributed by atoms with van der Waals surface area (Å²) in [5.74, 6) is 2.84. The molecule has 0 aliphatic heterocycles. The van der Waals surface area contributed by atoms with E-state index < -0.39 is 0 Å². The van der Waals surface area contributed by atoms with Crippen molar-refractivity contribution in [3.05, 3.63) is 41.5 Å². The zero-order valence-corrected chi connectivity index (χ0v) is 15.6. The van der Waals surface area contributed by atoms with E-state index in [1.165, 1.54) is 44.1 Å². The van der Waals surface area contributed by atoms with Crippen LogP contribution in [0.25, 0.3) is 6.08 Å². The Morgan fingerprint density at radius 1 is 1.12 bits per heavy atom. The molecule has 4 aliphatic rings. The van der Waals surface area contributed by atoms with Crippen molar-refractivity contribution in [3.8, 4) is 0 Å². The fraction of sp³-hybridized carbons (Fsp3) is 0.609. The van der Waals surface area contributed by atoms with E-state index in [9.17, 15) is 4.79 Å². The molecule has 4 saturated carbocycles. The third-order valence-electron chi connectivity index (χ3n) is 7.18. The second-order valence-corrected chi connectivity index (χ2v) is 8.94. The summed E-state index contributed by atoms with van der Waals surface area (Å²) < 4.78 is 0. The molecule has 1 N–H and O–H groups in total. The number of amides is 1. The lowest BCUT2D eigenvalue weighted by atomic mass is 9.48. The molecular formula is C23H31NO. The van der Waals surface area contributed by atoms with E-state index in [1.807, 2.05) is 6.08 Å². The number of hydrogen-bond donors (Lipinski definition) is 1. The first kappa shape index (κ1) is 16.9. The minimum absolute atomic E-state index is 0.0582. The van der Waals surface area contributed by atoms with Gasteiger partial charge >= 0.3 is 0 Å². The molecule has 1 atom stereocenters. The van der Waals surface area contributed by atoms with Gasteiger partial charge in [-0.2, -0.15) is 0 Å². The fourth-order valence-corrected chi connectivity index (χ4v) is 6.16. The minimum atomic E-state index is 0.0582. The maximum absolute atomic E-state index is 12.4. The molecule has 0 aromatic heterocycles. The fourth-order valence-electron chi connectivity index (χ4n) is 6.16. The molecule has 1 aromatic rings. The van der Waals surface area contributed by atoms with E-state index in [0.717, 1.165) is 29.7 Å². The average Bonchev–Trinajstić information content (AvgIpc) is 2.59. The van der Waals surface area contributed by atoms with Gasteiger partial charge < -0.3 is 5.32 Å². The molecule has 0 heterocycles. The highest BCUT2D eigenvalue weighted by molar-refractivity contribution is 5.91. The standard InChI is InChI=1S/C23H31NO/c1-3-17-4-6-18(7-5-17)8-9-22(25)24-16(2)23-13-19-10-20(14-23)12-21(11-19)15-23/h4-9,16,19-21H,3,10-15H2,1-2H3,(H,24,25)/b9-8+/t16-,19?,20?,21?,23?/m0/s1. The molecule has 2 heteroatoms. The van der Waals surface area contributed by atoms with Crippen LogP contribution in [-0.2, 0) is 11.2 Å². The number of aryl methyl sites for hydroxylation is 1. The predicted octanol–water partition coefficient (Wildman–Crippen LogP) is 4.98. The summed E-state index contributed by atoms with van der Waals surface area (Å²) in [6.07, 6.45) is 13.1. The molecule has 4 fully saturated rings. The molecule has 1 amide bonds. The van der Waals surface area contributed by atoms with Crippen molar-refractivity contribution in [2.75, 3.05) is 0 Å². The summed E-state index contributed by atoms with van der Waals surface area (Å²) in [7, 11) is 0. The number of carbonyl (C=O) groups excluding carboxylic acids is 1. The number of carbonyl (C=O) groups is 1. The van der Waals surface area contributed by atoms with Gasteiger partial charge in [0.15, 0.2) is 0 Å². The van der Waals surface area contributed by atoms with Crippen molar-refractivity contribution >= 4 is 12.0 Å². The lowest BCUT2D eigenvalue weighted by Gasteiger charge is -2.59. The zero-order chi connectivity index (χ0) is 17.4. The van der Waals surface area contributed by atoms with E-state index in [4.69, 9.17) is 0 Å². The van der Waals surface area contributed by atoms with Crippen LogP contribution in [0.4, 0.5) is 0 Å². The molecule has 0 spiro atoms. The van der Waals surface area contributed by atoms with Crippen LogP contribution in [0, 0.1) is 23.2 Å². The quantitative estimate of drug-likeness (QED) is 0.754. The van der Waals surface area contributed by atoms with Crippen LogP contribution in [0.1, 0.15) is 63.5 Å². The summed E-state index contributed by atoms with van der Waals surface area (Å²) in [5.41, 5.74) is 2.80. The van der Waals surface area contributed by atoms with Gasteiger partial charge in [-0.25, -0.2) is 0 Å². The normalized spacial score (nSPS) is 34.4. The van der Waals surface area contributed by atoms with Crippen molar-refractivity contribution in [3.63, 3.8) is 0 Å². The van der Waals surface area contributed by atoms with Gasteiger partial charge in [-0.1, -0.05) is 31.2 Å². The Morgan fingerprint density at radius 3 is 2.20 bits per heavy atom. The maximum atomic E-state index is 12.4. The second kappa shape index (κ2) is 6.63. The Labute approximate surface area is 152 Å². The van der Waals surface area contributed by atoms with Crippen molar-refractivity contribution in [1.82, 2.24) is 5.32 Å². The van der Waals surface area contributed by atoms with Crippen LogP contribution in [0.3, 0.4) is 0 Å². The maximum Gasteiger partial charge on any atom is 0.244 e. The van der Waals surface area contributed by atoms with Crippen LogP contribution >= 0.6 is 0 Å². The molecule has 25 heavy (non-hydrogen) atoms. The second-order valence-electron chi connectivity index (χ2n) is 8.94. The third-order valence-corrected chi connectivity index (χ3v) is 7.18. The summed E-state index contributed by atoms with van der Waals surface area (Å²) in [4.78, 5) is 12.4. The van der Waals surface area contributed by atoms with Gasteiger partial charge in [0.2, 0.25) is 5.91 Å². The number of nitrogens with one attached hydrogen (secondary N) is 1. The molecule has 5 rings (SSSR count). The molecular weight excluding hydrogens is 306 g/mol. The summed E-state index contributed by atoms with van der Waals surface area (Å²) in [5, 5.41) is 3.30. The van der Waals surface area contributed by atoms with Crippen LogP contribution in [0.2, 0.25) is 0 Å². The first-order valence-electron chi connectivity index (χ1n) is 10.1. The van der Waals surface area contributed by atoms with Crippen molar-refractivity contribution in [2.45, 2.75) is 64.8 Å². The summed E-state index contributed by atoms with van der Waals surface area (Å²) >= 11 is 0. The highest BCUT2D eigenvalue weighted by Crippen LogP contribution is 2.61. The predicted molar refractivity (Wildman–Crippen MR) is 103 cm³/mol. The molecule has 4 bridgehead atoms. The van der Waals surface area contributed by atoms with E-state index in [2.05, 4.69) is 43.4 Å². The molecule has 2 nitrogen and oxygen atoms in total. The van der Waals surface area contributed by atoms with Gasteiger partial charge in [-0.05, 0) is 92.2 Å². The van der Waals surface area contributed by atoms with Crippen LogP contribution in [0.5, 0.6) is 0 Å². The highest BCUT2D eigenvalue weighted by atomic mass is 16.1. The minimum Gasteiger partial charge on any atom is -0.350 e. The molecule has 0 unspecified atom stereocenters.